The average Bonchev–Trinajstić information content (AvgIpc) is 2.60. The molecule has 0 amide bonds. The predicted octanol–water partition coefficient (Wildman–Crippen LogP) is 4.45. The zero-order chi connectivity index (χ0) is 11.5. The molecule has 5 heteroatoms. The van der Waals surface area contributed by atoms with E-state index in [4.69, 9.17) is 16.0 Å². The highest BCUT2D eigenvalue weighted by Crippen LogP contribution is 2.20. The molecule has 2 rings (SSSR count). The van der Waals surface area contributed by atoms with E-state index in [0.717, 1.165) is 0 Å². The molecule has 1 aromatic heterocycles. The first-order valence-electron chi connectivity index (χ1n) is 4.58. The van der Waals surface area contributed by atoms with E-state index >= 15 is 0 Å². The van der Waals surface area contributed by atoms with E-state index in [1.165, 1.54) is 12.1 Å². The second-order valence-electron chi connectivity index (χ2n) is 3.22. The molecule has 1 heterocycles. The Morgan fingerprint density at radius 1 is 1.31 bits per heavy atom. The van der Waals surface area contributed by atoms with Crippen molar-refractivity contribution in [1.82, 2.24) is 0 Å². The van der Waals surface area contributed by atoms with Crippen LogP contribution in [0.1, 0.15) is 5.76 Å². The Kier molecular flexibility index (Phi) is 3.51. The molecule has 0 radical (unpaired) electrons. The van der Waals surface area contributed by atoms with Crippen LogP contribution in [0.2, 0.25) is 5.22 Å². The van der Waals surface area contributed by atoms with E-state index in [9.17, 15) is 4.39 Å². The zero-order valence-corrected chi connectivity index (χ0v) is 10.5. The van der Waals surface area contributed by atoms with Gasteiger partial charge in [0.15, 0.2) is 5.22 Å². The van der Waals surface area contributed by atoms with Gasteiger partial charge in [0.1, 0.15) is 11.6 Å². The third kappa shape index (κ3) is 3.00. The first-order chi connectivity index (χ1) is 7.63. The maximum absolute atomic E-state index is 13.0. The lowest BCUT2D eigenvalue weighted by Gasteiger charge is -2.05. The quantitative estimate of drug-likeness (QED) is 0.906. The number of anilines is 1. The normalized spacial score (nSPS) is 10.4. The largest absolute Gasteiger partial charge is 0.448 e. The van der Waals surface area contributed by atoms with Gasteiger partial charge in [0.05, 0.1) is 6.54 Å². The molecule has 0 aliphatic rings. The van der Waals surface area contributed by atoms with Gasteiger partial charge in [0.2, 0.25) is 0 Å². The molecule has 2 nitrogen and oxygen atoms in total. The predicted molar refractivity (Wildman–Crippen MR) is 65.1 cm³/mol. The van der Waals surface area contributed by atoms with Crippen molar-refractivity contribution in [3.8, 4) is 0 Å². The molecule has 0 bridgehead atoms. The van der Waals surface area contributed by atoms with Crippen LogP contribution in [0.4, 0.5) is 10.1 Å². The molecule has 0 saturated heterocycles. The van der Waals surface area contributed by atoms with Crippen LogP contribution in [0.5, 0.6) is 0 Å². The Morgan fingerprint density at radius 3 is 2.75 bits per heavy atom. The van der Waals surface area contributed by atoms with Crippen LogP contribution in [0.25, 0.3) is 0 Å². The highest BCUT2D eigenvalue weighted by Gasteiger charge is 2.01. The summed E-state index contributed by atoms with van der Waals surface area (Å²) in [5.41, 5.74) is 0.680. The molecule has 84 valence electrons. The summed E-state index contributed by atoms with van der Waals surface area (Å²) in [6, 6.07) is 8.03. The van der Waals surface area contributed by atoms with Crippen molar-refractivity contribution in [2.75, 3.05) is 5.32 Å². The number of nitrogens with one attached hydrogen (secondary N) is 1. The monoisotopic (exact) mass is 303 g/mol. The van der Waals surface area contributed by atoms with Gasteiger partial charge in [0.25, 0.3) is 0 Å². The van der Waals surface area contributed by atoms with Gasteiger partial charge >= 0.3 is 0 Å². The number of furan rings is 1. The SMILES string of the molecule is Fc1cc(Br)cc(NCc2ccc(Cl)o2)c1. The van der Waals surface area contributed by atoms with E-state index in [0.29, 0.717) is 27.7 Å². The van der Waals surface area contributed by atoms with Gasteiger partial charge in [-0.15, -0.1) is 0 Å². The van der Waals surface area contributed by atoms with Crippen LogP contribution < -0.4 is 5.32 Å². The Balaban J connectivity index is 2.04. The summed E-state index contributed by atoms with van der Waals surface area (Å²) in [6.45, 7) is 0.461. The molecule has 1 N–H and O–H groups in total. The van der Waals surface area contributed by atoms with Crippen molar-refractivity contribution in [3.63, 3.8) is 0 Å². The maximum atomic E-state index is 13.0. The van der Waals surface area contributed by atoms with Gasteiger partial charge in [0, 0.05) is 10.2 Å². The van der Waals surface area contributed by atoms with Crippen LogP contribution in [-0.2, 0) is 6.54 Å². The van der Waals surface area contributed by atoms with E-state index in [-0.39, 0.29) is 5.82 Å². The van der Waals surface area contributed by atoms with E-state index in [2.05, 4.69) is 21.2 Å². The maximum Gasteiger partial charge on any atom is 0.193 e. The van der Waals surface area contributed by atoms with Crippen molar-refractivity contribution in [2.45, 2.75) is 6.54 Å². The van der Waals surface area contributed by atoms with Crippen LogP contribution in [0, 0.1) is 5.82 Å². The molecule has 0 unspecified atom stereocenters. The molecule has 0 spiro atoms. The molecule has 2 aromatic rings. The van der Waals surface area contributed by atoms with Crippen LogP contribution in [0.15, 0.2) is 39.2 Å². The average molecular weight is 305 g/mol. The van der Waals surface area contributed by atoms with Crippen molar-refractivity contribution in [2.24, 2.45) is 0 Å². The summed E-state index contributed by atoms with van der Waals surface area (Å²) in [5.74, 6) is 0.403. The zero-order valence-electron chi connectivity index (χ0n) is 8.14. The Labute approximate surface area is 106 Å². The van der Waals surface area contributed by atoms with Crippen molar-refractivity contribution in [1.29, 1.82) is 0 Å². The fourth-order valence-corrected chi connectivity index (χ4v) is 1.92. The third-order valence-corrected chi connectivity index (χ3v) is 2.62. The lowest BCUT2D eigenvalue weighted by molar-refractivity contribution is 0.520. The summed E-state index contributed by atoms with van der Waals surface area (Å²) in [4.78, 5) is 0. The molecule has 1 aromatic carbocycles. The smallest absolute Gasteiger partial charge is 0.193 e. The van der Waals surface area contributed by atoms with E-state index in [1.54, 1.807) is 18.2 Å². The third-order valence-electron chi connectivity index (χ3n) is 1.96. The van der Waals surface area contributed by atoms with E-state index < -0.39 is 0 Å². The number of hydrogen-bond donors (Lipinski definition) is 1. The molecule has 0 atom stereocenters. The summed E-state index contributed by atoms with van der Waals surface area (Å²) in [6.07, 6.45) is 0. The molecular formula is C11H8BrClFNO. The Bertz CT molecular complexity index is 480. The lowest BCUT2D eigenvalue weighted by Crippen LogP contribution is -1.98. The molecule has 0 saturated carbocycles. The molecule has 16 heavy (non-hydrogen) atoms. The van der Waals surface area contributed by atoms with Gasteiger partial charge in [-0.1, -0.05) is 15.9 Å². The highest BCUT2D eigenvalue weighted by atomic mass is 79.9. The molecular weight excluding hydrogens is 296 g/mol. The fourth-order valence-electron chi connectivity index (χ4n) is 1.29. The Morgan fingerprint density at radius 2 is 2.12 bits per heavy atom. The summed E-state index contributed by atoms with van der Waals surface area (Å²) >= 11 is 8.85. The van der Waals surface area contributed by atoms with Gasteiger partial charge < -0.3 is 9.73 Å². The summed E-state index contributed by atoms with van der Waals surface area (Å²) in [7, 11) is 0. The minimum atomic E-state index is -0.297. The van der Waals surface area contributed by atoms with Gasteiger partial charge in [-0.25, -0.2) is 4.39 Å². The van der Waals surface area contributed by atoms with Crippen LogP contribution >= 0.6 is 27.5 Å². The highest BCUT2D eigenvalue weighted by molar-refractivity contribution is 9.10. The minimum absolute atomic E-state index is 0.297. The minimum Gasteiger partial charge on any atom is -0.448 e. The molecule has 0 fully saturated rings. The van der Waals surface area contributed by atoms with Crippen molar-refractivity contribution >= 4 is 33.2 Å². The number of benzene rings is 1. The second-order valence-corrected chi connectivity index (χ2v) is 4.51. The molecule has 0 aliphatic heterocycles. The van der Waals surface area contributed by atoms with Crippen molar-refractivity contribution in [3.05, 3.63) is 51.6 Å². The molecule has 0 aliphatic carbocycles. The fraction of sp³-hybridized carbons (Fsp3) is 0.0909. The standard InChI is InChI=1S/C11H8BrClFNO/c12-7-3-8(14)5-9(4-7)15-6-10-1-2-11(13)16-10/h1-5,15H,6H2. The van der Waals surface area contributed by atoms with Crippen LogP contribution in [-0.4, -0.2) is 0 Å². The van der Waals surface area contributed by atoms with Crippen LogP contribution in [0.3, 0.4) is 0 Å². The Hall–Kier alpha value is -1.00. The van der Waals surface area contributed by atoms with Crippen molar-refractivity contribution < 1.29 is 8.81 Å². The number of halogens is 3. The first-order valence-corrected chi connectivity index (χ1v) is 5.75. The van der Waals surface area contributed by atoms with Gasteiger partial charge in [-0.3, -0.25) is 0 Å². The lowest BCUT2D eigenvalue weighted by atomic mass is 10.3. The summed E-state index contributed by atoms with van der Waals surface area (Å²) < 4.78 is 18.9. The summed E-state index contributed by atoms with van der Waals surface area (Å²) in [5, 5.41) is 3.38. The topological polar surface area (TPSA) is 25.2 Å². The van der Waals surface area contributed by atoms with Gasteiger partial charge in [-0.05, 0) is 41.9 Å². The first kappa shape index (κ1) is 11.5. The van der Waals surface area contributed by atoms with Gasteiger partial charge in [-0.2, -0.15) is 0 Å². The second kappa shape index (κ2) is 4.89. The number of rotatable bonds is 3. The van der Waals surface area contributed by atoms with E-state index in [1.807, 2.05) is 0 Å². The number of hydrogen-bond acceptors (Lipinski definition) is 2.